The van der Waals surface area contributed by atoms with Crippen molar-refractivity contribution in [2.75, 3.05) is 24.7 Å². The predicted molar refractivity (Wildman–Crippen MR) is 59.7 cm³/mol. The number of nitrogens with two attached hydrogens (primary N) is 1. The number of hydrogen-bond donors (Lipinski definition) is 1. The molecule has 2 heterocycles. The van der Waals surface area contributed by atoms with Gasteiger partial charge >= 0.3 is 6.01 Å². The SMILES string of the molecule is CC(Cl)c1nnc(N2CCOCC2C(N)=O)o1. The highest BCUT2D eigenvalue weighted by Gasteiger charge is 2.31. The van der Waals surface area contributed by atoms with Gasteiger partial charge in [0.15, 0.2) is 0 Å². The van der Waals surface area contributed by atoms with E-state index >= 15 is 0 Å². The van der Waals surface area contributed by atoms with Crippen molar-refractivity contribution >= 4 is 23.5 Å². The summed E-state index contributed by atoms with van der Waals surface area (Å²) < 4.78 is 10.6. The smallest absolute Gasteiger partial charge is 0.319 e. The molecule has 0 saturated carbocycles. The molecule has 1 aromatic heterocycles. The molecular formula is C9H13ClN4O3. The largest absolute Gasteiger partial charge is 0.406 e. The second-order valence-corrected chi connectivity index (χ2v) is 4.38. The zero-order chi connectivity index (χ0) is 12.4. The molecule has 0 aliphatic carbocycles. The third-order valence-electron chi connectivity index (χ3n) is 2.47. The summed E-state index contributed by atoms with van der Waals surface area (Å²) >= 11 is 5.82. The van der Waals surface area contributed by atoms with E-state index in [1.807, 2.05) is 0 Å². The van der Waals surface area contributed by atoms with Gasteiger partial charge < -0.3 is 19.8 Å². The standard InChI is InChI=1S/C9H13ClN4O3/c1-5(10)8-12-13-9(17-8)14-2-3-16-4-6(14)7(11)15/h5-6H,2-4H2,1H3,(H2,11,15). The molecule has 1 aliphatic rings. The number of amides is 1. The van der Waals surface area contributed by atoms with Crippen LogP contribution in [0.4, 0.5) is 6.01 Å². The topological polar surface area (TPSA) is 94.5 Å². The van der Waals surface area contributed by atoms with E-state index in [9.17, 15) is 4.79 Å². The molecule has 0 bridgehead atoms. The molecule has 8 heteroatoms. The Bertz CT molecular complexity index is 409. The highest BCUT2D eigenvalue weighted by atomic mass is 35.5. The lowest BCUT2D eigenvalue weighted by atomic mass is 10.2. The second-order valence-electron chi connectivity index (χ2n) is 3.73. The van der Waals surface area contributed by atoms with E-state index in [1.54, 1.807) is 11.8 Å². The van der Waals surface area contributed by atoms with Gasteiger partial charge in [-0.25, -0.2) is 0 Å². The maximum absolute atomic E-state index is 11.3. The number of primary amides is 1. The number of halogens is 1. The number of carbonyl (C=O) groups excluding carboxylic acids is 1. The Labute approximate surface area is 103 Å². The lowest BCUT2D eigenvalue weighted by molar-refractivity contribution is -0.121. The average molecular weight is 261 g/mol. The van der Waals surface area contributed by atoms with Crippen molar-refractivity contribution in [2.45, 2.75) is 18.3 Å². The minimum Gasteiger partial charge on any atom is -0.406 e. The molecule has 0 aromatic carbocycles. The van der Waals surface area contributed by atoms with Gasteiger partial charge in [-0.3, -0.25) is 4.79 Å². The first kappa shape index (κ1) is 12.1. The van der Waals surface area contributed by atoms with E-state index in [0.717, 1.165) is 0 Å². The lowest BCUT2D eigenvalue weighted by Gasteiger charge is -2.31. The Kier molecular flexibility index (Phi) is 3.49. The van der Waals surface area contributed by atoms with Crippen molar-refractivity contribution < 1.29 is 13.9 Å². The normalized spacial score (nSPS) is 22.5. The number of ether oxygens (including phenoxy) is 1. The molecule has 94 valence electrons. The number of rotatable bonds is 3. The fourth-order valence-corrected chi connectivity index (χ4v) is 1.66. The third kappa shape index (κ3) is 2.50. The molecular weight excluding hydrogens is 248 g/mol. The molecule has 1 amide bonds. The van der Waals surface area contributed by atoms with Gasteiger partial charge in [0, 0.05) is 6.54 Å². The van der Waals surface area contributed by atoms with Crippen LogP contribution in [-0.2, 0) is 9.53 Å². The van der Waals surface area contributed by atoms with Crippen LogP contribution in [-0.4, -0.2) is 41.9 Å². The van der Waals surface area contributed by atoms with E-state index in [1.165, 1.54) is 0 Å². The summed E-state index contributed by atoms with van der Waals surface area (Å²) in [6.45, 7) is 2.91. The van der Waals surface area contributed by atoms with Crippen LogP contribution < -0.4 is 10.6 Å². The first-order valence-electron chi connectivity index (χ1n) is 5.20. The number of carbonyl (C=O) groups is 1. The summed E-state index contributed by atoms with van der Waals surface area (Å²) in [7, 11) is 0. The van der Waals surface area contributed by atoms with Gasteiger partial charge in [-0.15, -0.1) is 16.7 Å². The van der Waals surface area contributed by atoms with Crippen LogP contribution in [0.5, 0.6) is 0 Å². The number of aromatic nitrogens is 2. The minimum atomic E-state index is -0.581. The van der Waals surface area contributed by atoms with E-state index in [-0.39, 0.29) is 18.0 Å². The molecule has 1 aromatic rings. The quantitative estimate of drug-likeness (QED) is 0.773. The summed E-state index contributed by atoms with van der Waals surface area (Å²) in [5, 5.41) is 7.29. The van der Waals surface area contributed by atoms with E-state index in [4.69, 9.17) is 26.5 Å². The van der Waals surface area contributed by atoms with Gasteiger partial charge in [-0.1, -0.05) is 5.10 Å². The summed E-state index contributed by atoms with van der Waals surface area (Å²) in [5.74, 6) is -0.167. The Hall–Kier alpha value is -1.34. The highest BCUT2D eigenvalue weighted by Crippen LogP contribution is 2.23. The Morgan fingerprint density at radius 1 is 1.65 bits per heavy atom. The minimum absolute atomic E-state index is 0.226. The highest BCUT2D eigenvalue weighted by molar-refractivity contribution is 6.20. The van der Waals surface area contributed by atoms with Crippen LogP contribution in [0.2, 0.25) is 0 Å². The van der Waals surface area contributed by atoms with Gasteiger partial charge in [0.1, 0.15) is 11.4 Å². The molecule has 17 heavy (non-hydrogen) atoms. The summed E-state index contributed by atoms with van der Waals surface area (Å²) in [5.41, 5.74) is 5.29. The molecule has 0 spiro atoms. The molecule has 2 rings (SSSR count). The number of alkyl halides is 1. The van der Waals surface area contributed by atoms with Crippen molar-refractivity contribution in [1.29, 1.82) is 0 Å². The number of nitrogens with zero attached hydrogens (tertiary/aromatic N) is 3. The summed E-state index contributed by atoms with van der Waals surface area (Å²) in [4.78, 5) is 12.9. The number of morpholine rings is 1. The second kappa shape index (κ2) is 4.89. The first-order valence-corrected chi connectivity index (χ1v) is 5.64. The van der Waals surface area contributed by atoms with Gasteiger partial charge in [0.2, 0.25) is 11.8 Å². The van der Waals surface area contributed by atoms with Gasteiger partial charge in [0.05, 0.1) is 13.2 Å². The maximum atomic E-state index is 11.3. The molecule has 7 nitrogen and oxygen atoms in total. The van der Waals surface area contributed by atoms with Crippen LogP contribution in [0.25, 0.3) is 0 Å². The van der Waals surface area contributed by atoms with Crippen molar-refractivity contribution in [2.24, 2.45) is 5.73 Å². The lowest BCUT2D eigenvalue weighted by Crippen LogP contribution is -2.52. The van der Waals surface area contributed by atoms with Crippen molar-refractivity contribution in [3.8, 4) is 0 Å². The van der Waals surface area contributed by atoms with Crippen molar-refractivity contribution in [1.82, 2.24) is 10.2 Å². The zero-order valence-electron chi connectivity index (χ0n) is 9.30. The van der Waals surface area contributed by atoms with Crippen LogP contribution in [0.1, 0.15) is 18.2 Å². The zero-order valence-corrected chi connectivity index (χ0v) is 10.1. The fourth-order valence-electron chi connectivity index (χ4n) is 1.57. The summed E-state index contributed by atoms with van der Waals surface area (Å²) in [6, 6.07) is -0.331. The summed E-state index contributed by atoms with van der Waals surface area (Å²) in [6.07, 6.45) is 0. The van der Waals surface area contributed by atoms with Crippen LogP contribution in [0.15, 0.2) is 4.42 Å². The maximum Gasteiger partial charge on any atom is 0.319 e. The molecule has 2 unspecified atom stereocenters. The Morgan fingerprint density at radius 2 is 2.41 bits per heavy atom. The molecule has 2 atom stereocenters. The van der Waals surface area contributed by atoms with Crippen molar-refractivity contribution in [3.05, 3.63) is 5.89 Å². The average Bonchev–Trinajstić information content (AvgIpc) is 2.78. The van der Waals surface area contributed by atoms with Gasteiger partial charge in [0.25, 0.3) is 0 Å². The third-order valence-corrected chi connectivity index (χ3v) is 2.66. The van der Waals surface area contributed by atoms with Crippen LogP contribution >= 0.6 is 11.6 Å². The first-order chi connectivity index (χ1) is 8.09. The molecule has 1 aliphatic heterocycles. The van der Waals surface area contributed by atoms with Crippen LogP contribution in [0.3, 0.4) is 0 Å². The van der Waals surface area contributed by atoms with E-state index in [2.05, 4.69) is 10.2 Å². The van der Waals surface area contributed by atoms with Crippen LogP contribution in [0, 0.1) is 0 Å². The van der Waals surface area contributed by atoms with Crippen molar-refractivity contribution in [3.63, 3.8) is 0 Å². The fraction of sp³-hybridized carbons (Fsp3) is 0.667. The molecule has 0 radical (unpaired) electrons. The molecule has 1 fully saturated rings. The Balaban J connectivity index is 2.20. The van der Waals surface area contributed by atoms with E-state index in [0.29, 0.717) is 19.0 Å². The molecule has 1 saturated heterocycles. The Morgan fingerprint density at radius 3 is 3.00 bits per heavy atom. The number of hydrogen-bond acceptors (Lipinski definition) is 6. The number of anilines is 1. The van der Waals surface area contributed by atoms with E-state index < -0.39 is 11.9 Å². The predicted octanol–water partition coefficient (Wildman–Crippen LogP) is 0.0599. The van der Waals surface area contributed by atoms with Gasteiger partial charge in [-0.2, -0.15) is 0 Å². The molecule has 2 N–H and O–H groups in total. The van der Waals surface area contributed by atoms with Gasteiger partial charge in [-0.05, 0) is 6.92 Å². The monoisotopic (exact) mass is 260 g/mol.